The van der Waals surface area contributed by atoms with Crippen LogP contribution in [0.4, 0.5) is 4.79 Å². The summed E-state index contributed by atoms with van der Waals surface area (Å²) in [6, 6.07) is 29.8. The van der Waals surface area contributed by atoms with Crippen LogP contribution >= 0.6 is 0 Å². The van der Waals surface area contributed by atoms with Gasteiger partial charge in [-0.3, -0.25) is 0 Å². The van der Waals surface area contributed by atoms with E-state index in [1.54, 1.807) is 6.08 Å². The lowest BCUT2D eigenvalue weighted by Gasteiger charge is -2.36. The summed E-state index contributed by atoms with van der Waals surface area (Å²) in [6.45, 7) is 4.06. The average molecular weight is 342 g/mol. The molecule has 0 saturated carbocycles. The number of hydrogen-bond donors (Lipinski definition) is 2. The standard InChI is InChI=1S/C23H22N2O/c1-2-18-24-22(26)25-23(19-12-6-3-7-13-19,20-14-8-4-9-15-20)21-16-10-5-11-17-21/h2-17H,1,18H2,(H2,24,25,26). The molecule has 3 heteroatoms. The quantitative estimate of drug-likeness (QED) is 0.504. The number of urea groups is 1. The molecule has 0 heterocycles. The van der Waals surface area contributed by atoms with Crippen molar-refractivity contribution in [3.05, 3.63) is 120 Å². The fourth-order valence-electron chi connectivity index (χ4n) is 3.16. The van der Waals surface area contributed by atoms with E-state index in [1.807, 2.05) is 91.0 Å². The molecule has 3 nitrogen and oxygen atoms in total. The van der Waals surface area contributed by atoms with Crippen LogP contribution in [0.15, 0.2) is 104 Å². The summed E-state index contributed by atoms with van der Waals surface area (Å²) in [6.07, 6.45) is 1.66. The number of amides is 2. The maximum Gasteiger partial charge on any atom is 0.316 e. The summed E-state index contributed by atoms with van der Waals surface area (Å²) in [7, 11) is 0. The SMILES string of the molecule is C=CCNC(=O)NC(c1ccccc1)(c1ccccc1)c1ccccc1. The second kappa shape index (κ2) is 8.17. The van der Waals surface area contributed by atoms with Gasteiger partial charge in [0.1, 0.15) is 5.54 Å². The molecule has 2 amide bonds. The van der Waals surface area contributed by atoms with Crippen LogP contribution in [0.1, 0.15) is 16.7 Å². The van der Waals surface area contributed by atoms with E-state index >= 15 is 0 Å². The topological polar surface area (TPSA) is 41.1 Å². The first-order valence-electron chi connectivity index (χ1n) is 8.61. The number of carbonyl (C=O) groups is 1. The van der Waals surface area contributed by atoms with Crippen molar-refractivity contribution in [3.8, 4) is 0 Å². The van der Waals surface area contributed by atoms with Gasteiger partial charge in [-0.1, -0.05) is 97.1 Å². The fourth-order valence-corrected chi connectivity index (χ4v) is 3.16. The van der Waals surface area contributed by atoms with E-state index in [0.717, 1.165) is 16.7 Å². The first kappa shape index (κ1) is 17.5. The lowest BCUT2D eigenvalue weighted by molar-refractivity contribution is 0.235. The minimum Gasteiger partial charge on any atom is -0.335 e. The zero-order chi connectivity index (χ0) is 18.2. The number of nitrogens with one attached hydrogen (secondary N) is 2. The Morgan fingerprint density at radius 3 is 1.50 bits per heavy atom. The van der Waals surface area contributed by atoms with E-state index in [2.05, 4.69) is 17.2 Å². The number of hydrogen-bond acceptors (Lipinski definition) is 1. The molecule has 0 bridgehead atoms. The molecule has 0 spiro atoms. The highest BCUT2D eigenvalue weighted by Crippen LogP contribution is 2.36. The summed E-state index contributed by atoms with van der Waals surface area (Å²) >= 11 is 0. The minimum absolute atomic E-state index is 0.249. The van der Waals surface area contributed by atoms with Crippen LogP contribution in [-0.2, 0) is 5.54 Å². The van der Waals surface area contributed by atoms with Crippen molar-refractivity contribution in [2.75, 3.05) is 6.54 Å². The maximum absolute atomic E-state index is 12.7. The van der Waals surface area contributed by atoms with Gasteiger partial charge in [-0.2, -0.15) is 0 Å². The summed E-state index contributed by atoms with van der Waals surface area (Å²) < 4.78 is 0. The van der Waals surface area contributed by atoms with Crippen molar-refractivity contribution in [2.45, 2.75) is 5.54 Å². The van der Waals surface area contributed by atoms with Gasteiger partial charge < -0.3 is 10.6 Å². The van der Waals surface area contributed by atoms with E-state index in [1.165, 1.54) is 0 Å². The zero-order valence-electron chi connectivity index (χ0n) is 14.6. The molecule has 0 aliphatic heterocycles. The van der Waals surface area contributed by atoms with Gasteiger partial charge in [-0.05, 0) is 16.7 Å². The molecule has 3 rings (SSSR count). The molecule has 0 aliphatic rings. The summed E-state index contributed by atoms with van der Waals surface area (Å²) in [5.74, 6) is 0. The monoisotopic (exact) mass is 342 g/mol. The van der Waals surface area contributed by atoms with Gasteiger partial charge in [-0.25, -0.2) is 4.79 Å². The molecular formula is C23H22N2O. The highest BCUT2D eigenvalue weighted by Gasteiger charge is 2.37. The van der Waals surface area contributed by atoms with Crippen molar-refractivity contribution >= 4 is 6.03 Å². The predicted molar refractivity (Wildman–Crippen MR) is 106 cm³/mol. The lowest BCUT2D eigenvalue weighted by Crippen LogP contribution is -2.51. The first-order valence-corrected chi connectivity index (χ1v) is 8.61. The van der Waals surface area contributed by atoms with Crippen molar-refractivity contribution in [1.29, 1.82) is 0 Å². The van der Waals surface area contributed by atoms with Crippen LogP contribution in [0, 0.1) is 0 Å². The smallest absolute Gasteiger partial charge is 0.316 e. The van der Waals surface area contributed by atoms with E-state index in [4.69, 9.17) is 0 Å². The number of carbonyl (C=O) groups excluding carboxylic acids is 1. The van der Waals surface area contributed by atoms with Gasteiger partial charge in [0.25, 0.3) is 0 Å². The van der Waals surface area contributed by atoms with Crippen molar-refractivity contribution in [1.82, 2.24) is 10.6 Å². The van der Waals surface area contributed by atoms with E-state index < -0.39 is 5.54 Å². The molecule has 0 atom stereocenters. The van der Waals surface area contributed by atoms with Crippen LogP contribution in [0.2, 0.25) is 0 Å². The van der Waals surface area contributed by atoms with Gasteiger partial charge >= 0.3 is 6.03 Å². The Morgan fingerprint density at radius 1 is 0.769 bits per heavy atom. The molecule has 0 fully saturated rings. The van der Waals surface area contributed by atoms with E-state index in [0.29, 0.717) is 6.54 Å². The zero-order valence-corrected chi connectivity index (χ0v) is 14.6. The fraction of sp³-hybridized carbons (Fsp3) is 0.0870. The number of rotatable bonds is 6. The van der Waals surface area contributed by atoms with E-state index in [9.17, 15) is 4.79 Å². The highest BCUT2D eigenvalue weighted by molar-refractivity contribution is 5.77. The van der Waals surface area contributed by atoms with Gasteiger partial charge in [0, 0.05) is 6.54 Å². The molecule has 3 aromatic carbocycles. The minimum atomic E-state index is -0.797. The third kappa shape index (κ3) is 3.52. The highest BCUT2D eigenvalue weighted by atomic mass is 16.2. The second-order valence-electron chi connectivity index (χ2n) is 5.97. The molecule has 130 valence electrons. The van der Waals surface area contributed by atoms with Crippen molar-refractivity contribution in [2.24, 2.45) is 0 Å². The Balaban J connectivity index is 2.21. The largest absolute Gasteiger partial charge is 0.335 e. The van der Waals surface area contributed by atoms with Gasteiger partial charge in [0.15, 0.2) is 0 Å². The summed E-state index contributed by atoms with van der Waals surface area (Å²) in [5.41, 5.74) is 2.18. The molecule has 3 aromatic rings. The molecular weight excluding hydrogens is 320 g/mol. The second-order valence-corrected chi connectivity index (χ2v) is 5.97. The Kier molecular flexibility index (Phi) is 5.49. The molecule has 0 unspecified atom stereocenters. The maximum atomic E-state index is 12.7. The molecule has 2 N–H and O–H groups in total. The van der Waals surface area contributed by atoms with Crippen LogP contribution in [0.5, 0.6) is 0 Å². The number of benzene rings is 3. The first-order chi connectivity index (χ1) is 12.8. The summed E-state index contributed by atoms with van der Waals surface area (Å²) in [5, 5.41) is 6.05. The Morgan fingerprint density at radius 2 is 1.15 bits per heavy atom. The third-order valence-corrected chi connectivity index (χ3v) is 4.33. The molecule has 0 radical (unpaired) electrons. The van der Waals surface area contributed by atoms with Gasteiger partial charge in [0.05, 0.1) is 0 Å². The normalized spacial score (nSPS) is 10.8. The van der Waals surface area contributed by atoms with E-state index in [-0.39, 0.29) is 6.03 Å². The van der Waals surface area contributed by atoms with Crippen molar-refractivity contribution < 1.29 is 4.79 Å². The third-order valence-electron chi connectivity index (χ3n) is 4.33. The molecule has 0 aliphatic carbocycles. The van der Waals surface area contributed by atoms with Crippen LogP contribution in [0.25, 0.3) is 0 Å². The van der Waals surface area contributed by atoms with Crippen LogP contribution in [-0.4, -0.2) is 12.6 Å². The molecule has 0 aromatic heterocycles. The Hall–Kier alpha value is -3.33. The van der Waals surface area contributed by atoms with Gasteiger partial charge in [-0.15, -0.1) is 6.58 Å². The predicted octanol–water partition coefficient (Wildman–Crippen LogP) is 4.46. The van der Waals surface area contributed by atoms with Crippen LogP contribution in [0.3, 0.4) is 0 Å². The molecule has 26 heavy (non-hydrogen) atoms. The molecule has 0 saturated heterocycles. The lowest BCUT2D eigenvalue weighted by atomic mass is 9.77. The Labute approximate surface area is 154 Å². The van der Waals surface area contributed by atoms with Crippen LogP contribution < -0.4 is 10.6 Å². The average Bonchev–Trinajstić information content (AvgIpc) is 2.72. The summed E-state index contributed by atoms with van der Waals surface area (Å²) in [4.78, 5) is 12.7. The van der Waals surface area contributed by atoms with Gasteiger partial charge in [0.2, 0.25) is 0 Å². The van der Waals surface area contributed by atoms with Crippen molar-refractivity contribution in [3.63, 3.8) is 0 Å². The Bertz CT molecular complexity index is 748.